The first kappa shape index (κ1) is 29.9. The lowest BCUT2D eigenvalue weighted by Crippen LogP contribution is -2.50. The minimum Gasteiger partial charge on any atom is -0.465 e. The Bertz CT molecular complexity index is 1590. The van der Waals surface area contributed by atoms with Crippen LogP contribution in [0.3, 0.4) is 0 Å². The highest BCUT2D eigenvalue weighted by Gasteiger charge is 2.35. The van der Waals surface area contributed by atoms with Crippen molar-refractivity contribution in [1.82, 2.24) is 20.3 Å². The lowest BCUT2D eigenvalue weighted by molar-refractivity contribution is -0.128. The van der Waals surface area contributed by atoms with Crippen LogP contribution in [0.15, 0.2) is 72.8 Å². The van der Waals surface area contributed by atoms with Gasteiger partial charge < -0.3 is 14.8 Å². The van der Waals surface area contributed by atoms with Gasteiger partial charge in [-0.1, -0.05) is 29.5 Å². The third-order valence-corrected chi connectivity index (χ3v) is 6.28. The van der Waals surface area contributed by atoms with Crippen molar-refractivity contribution < 1.29 is 28.7 Å². The largest absolute Gasteiger partial charge is 0.465 e. The second kappa shape index (κ2) is 12.6. The zero-order valence-electron chi connectivity index (χ0n) is 24.2. The molecule has 0 radical (unpaired) electrons. The number of hydrogen-bond donors (Lipinski definition) is 1. The van der Waals surface area contributed by atoms with Crippen LogP contribution in [0, 0.1) is 0 Å². The number of nitrogens with zero attached hydrogens (tertiary/aromatic N) is 4. The Kier molecular flexibility index (Phi) is 8.99. The van der Waals surface area contributed by atoms with Gasteiger partial charge in [-0.2, -0.15) is 0 Å². The molecular weight excluding hydrogens is 538 g/mol. The fourth-order valence-corrected chi connectivity index (χ4v) is 4.42. The smallest absolute Gasteiger partial charge is 0.338 e. The summed E-state index contributed by atoms with van der Waals surface area (Å²) in [4.78, 5) is 53.8. The van der Waals surface area contributed by atoms with E-state index in [1.54, 1.807) is 43.3 Å². The summed E-state index contributed by atoms with van der Waals surface area (Å²) in [5, 5.41) is 11.3. The van der Waals surface area contributed by atoms with Gasteiger partial charge in [0.2, 0.25) is 11.8 Å². The van der Waals surface area contributed by atoms with Gasteiger partial charge in [0.1, 0.15) is 18.1 Å². The number of esters is 2. The summed E-state index contributed by atoms with van der Waals surface area (Å²) < 4.78 is 11.4. The highest BCUT2D eigenvalue weighted by molar-refractivity contribution is 6.02. The van der Waals surface area contributed by atoms with Crippen LogP contribution in [0.5, 0.6) is 0 Å². The van der Waals surface area contributed by atoms with Crippen molar-refractivity contribution in [2.45, 2.75) is 45.8 Å². The fourth-order valence-electron chi connectivity index (χ4n) is 4.42. The molecular formula is C31H33N5O6. The molecule has 0 bridgehead atoms. The molecule has 0 saturated heterocycles. The maximum Gasteiger partial charge on any atom is 0.338 e. The van der Waals surface area contributed by atoms with Crippen LogP contribution in [0.1, 0.15) is 60.0 Å². The number of ether oxygens (including phenoxy) is 2. The van der Waals surface area contributed by atoms with E-state index in [9.17, 15) is 19.2 Å². The molecule has 2 amide bonds. The Balaban J connectivity index is 1.83. The third-order valence-electron chi connectivity index (χ3n) is 6.28. The summed E-state index contributed by atoms with van der Waals surface area (Å²) in [5.41, 5.74) is 2.07. The van der Waals surface area contributed by atoms with Crippen LogP contribution in [-0.2, 0) is 25.6 Å². The third kappa shape index (κ3) is 6.80. The standard InChI is InChI=1S/C31H33N5O6/c1-6-42-30(40)22-15-17-23(18-16-22)36(26(37)19-35-25-10-8-7-9-24(25)33-34-35)27(28(38)32-31(2,3)4)20-11-13-21(14-12-20)29(39)41-5/h7-18,27H,6,19H2,1-5H3,(H,32,38)/t27-/m0/s1. The normalized spacial score (nSPS) is 11.9. The van der Waals surface area contributed by atoms with E-state index < -0.39 is 35.3 Å². The predicted molar refractivity (Wildman–Crippen MR) is 156 cm³/mol. The van der Waals surface area contributed by atoms with Crippen molar-refractivity contribution in [2.75, 3.05) is 18.6 Å². The minimum atomic E-state index is -1.15. The van der Waals surface area contributed by atoms with E-state index in [0.717, 1.165) is 0 Å². The molecule has 0 aliphatic rings. The Morgan fingerprint density at radius 2 is 1.52 bits per heavy atom. The number of aromatic nitrogens is 3. The first-order chi connectivity index (χ1) is 20.0. The lowest BCUT2D eigenvalue weighted by atomic mass is 9.99. The van der Waals surface area contributed by atoms with E-state index in [4.69, 9.17) is 9.47 Å². The number of amides is 2. The Hall–Kier alpha value is -5.06. The number of fused-ring (bicyclic) bond motifs is 1. The molecule has 3 aromatic carbocycles. The summed E-state index contributed by atoms with van der Waals surface area (Å²) in [5.74, 6) is -1.94. The maximum absolute atomic E-state index is 14.2. The SMILES string of the molecule is CCOC(=O)c1ccc(N(C(=O)Cn2nnc3ccccc32)[C@H](C(=O)NC(C)(C)C)c2ccc(C(=O)OC)cc2)cc1. The summed E-state index contributed by atoms with van der Waals surface area (Å²) in [6.07, 6.45) is 0. The van der Waals surface area contributed by atoms with Gasteiger partial charge in [-0.25, -0.2) is 14.3 Å². The van der Waals surface area contributed by atoms with Crippen molar-refractivity contribution in [3.05, 3.63) is 89.5 Å². The molecule has 218 valence electrons. The molecule has 1 N–H and O–H groups in total. The Labute approximate surface area is 243 Å². The number of para-hydroxylation sites is 1. The fraction of sp³-hybridized carbons (Fsp3) is 0.290. The van der Waals surface area contributed by atoms with Crippen LogP contribution in [-0.4, -0.2) is 58.0 Å². The van der Waals surface area contributed by atoms with Crippen molar-refractivity contribution in [2.24, 2.45) is 0 Å². The van der Waals surface area contributed by atoms with Crippen molar-refractivity contribution in [3.63, 3.8) is 0 Å². The summed E-state index contributed by atoms with van der Waals surface area (Å²) >= 11 is 0. The van der Waals surface area contributed by atoms with Gasteiger partial charge in [0.25, 0.3) is 0 Å². The molecule has 1 aromatic heterocycles. The zero-order valence-corrected chi connectivity index (χ0v) is 24.2. The highest BCUT2D eigenvalue weighted by atomic mass is 16.5. The maximum atomic E-state index is 14.2. The quantitative estimate of drug-likeness (QED) is 0.297. The molecule has 1 atom stereocenters. The molecule has 1 heterocycles. The molecule has 11 heteroatoms. The van der Waals surface area contributed by atoms with E-state index >= 15 is 0 Å². The highest BCUT2D eigenvalue weighted by Crippen LogP contribution is 2.30. The summed E-state index contributed by atoms with van der Waals surface area (Å²) in [6, 6.07) is 18.6. The average molecular weight is 572 g/mol. The van der Waals surface area contributed by atoms with Crippen LogP contribution in [0.4, 0.5) is 5.69 Å². The van der Waals surface area contributed by atoms with Gasteiger partial charge in [-0.05, 0) is 81.8 Å². The van der Waals surface area contributed by atoms with E-state index in [-0.39, 0.29) is 13.2 Å². The van der Waals surface area contributed by atoms with Crippen molar-refractivity contribution in [3.8, 4) is 0 Å². The summed E-state index contributed by atoms with van der Waals surface area (Å²) in [7, 11) is 1.28. The van der Waals surface area contributed by atoms with E-state index in [0.29, 0.717) is 33.4 Å². The minimum absolute atomic E-state index is 0.216. The second-order valence-electron chi connectivity index (χ2n) is 10.5. The number of rotatable bonds is 9. The first-order valence-electron chi connectivity index (χ1n) is 13.4. The zero-order chi connectivity index (χ0) is 30.4. The Morgan fingerprint density at radius 1 is 0.905 bits per heavy atom. The van der Waals surface area contributed by atoms with Gasteiger partial charge >= 0.3 is 11.9 Å². The van der Waals surface area contributed by atoms with Gasteiger partial charge in [0.05, 0.1) is 30.4 Å². The van der Waals surface area contributed by atoms with E-state index in [1.165, 1.54) is 41.0 Å². The van der Waals surface area contributed by atoms with Crippen molar-refractivity contribution >= 4 is 40.5 Å². The van der Waals surface area contributed by atoms with Gasteiger partial charge in [-0.15, -0.1) is 5.10 Å². The number of methoxy groups -OCH3 is 1. The van der Waals surface area contributed by atoms with Crippen LogP contribution in [0.2, 0.25) is 0 Å². The molecule has 0 spiro atoms. The molecule has 4 rings (SSSR count). The lowest BCUT2D eigenvalue weighted by Gasteiger charge is -2.34. The van der Waals surface area contributed by atoms with Gasteiger partial charge in [-0.3, -0.25) is 14.5 Å². The number of benzene rings is 3. The molecule has 42 heavy (non-hydrogen) atoms. The first-order valence-corrected chi connectivity index (χ1v) is 13.4. The van der Waals surface area contributed by atoms with Crippen LogP contribution in [0.25, 0.3) is 11.0 Å². The van der Waals surface area contributed by atoms with Crippen molar-refractivity contribution in [1.29, 1.82) is 0 Å². The van der Waals surface area contributed by atoms with E-state index in [2.05, 4.69) is 15.6 Å². The number of hydrogen-bond acceptors (Lipinski definition) is 8. The Morgan fingerprint density at radius 3 is 2.14 bits per heavy atom. The number of anilines is 1. The van der Waals surface area contributed by atoms with E-state index in [1.807, 2.05) is 32.9 Å². The molecule has 0 aliphatic carbocycles. The van der Waals surface area contributed by atoms with Gasteiger partial charge in [0, 0.05) is 11.2 Å². The molecule has 0 unspecified atom stereocenters. The van der Waals surface area contributed by atoms with Crippen LogP contribution < -0.4 is 10.2 Å². The molecule has 0 fully saturated rings. The average Bonchev–Trinajstić information content (AvgIpc) is 3.37. The molecule has 4 aromatic rings. The summed E-state index contributed by atoms with van der Waals surface area (Å²) in [6.45, 7) is 7.22. The second-order valence-corrected chi connectivity index (χ2v) is 10.5. The monoisotopic (exact) mass is 571 g/mol. The topological polar surface area (TPSA) is 133 Å². The predicted octanol–water partition coefficient (Wildman–Crippen LogP) is 4.08. The number of carbonyl (C=O) groups is 4. The molecule has 0 aliphatic heterocycles. The van der Waals surface area contributed by atoms with Crippen LogP contribution >= 0.6 is 0 Å². The number of nitrogens with one attached hydrogen (secondary N) is 1. The number of carbonyl (C=O) groups excluding carboxylic acids is 4. The molecule has 0 saturated carbocycles. The molecule has 11 nitrogen and oxygen atoms in total. The van der Waals surface area contributed by atoms with Gasteiger partial charge in [0.15, 0.2) is 0 Å².